The van der Waals surface area contributed by atoms with E-state index in [4.69, 9.17) is 0 Å². The first-order chi connectivity index (χ1) is 6.38. The molecular formula is C12H22FN. The number of hydrogen-bond acceptors (Lipinski definition) is 0. The molecule has 0 aromatic carbocycles. The molecule has 0 saturated carbocycles. The Balaban J connectivity index is 0.00000169. The summed E-state index contributed by atoms with van der Waals surface area (Å²) in [7, 11) is 0. The standard InChI is InChI=1S/C12H21N.FH/c1-3-5-6-7-10-13-11-8-9-12(13)4-2;/h8-9,11H,3-7,10H2,1-2H3;1H. The average molecular weight is 199 g/mol. The summed E-state index contributed by atoms with van der Waals surface area (Å²) in [4.78, 5) is 0. The van der Waals surface area contributed by atoms with Crippen molar-refractivity contribution in [1.82, 2.24) is 4.57 Å². The van der Waals surface area contributed by atoms with E-state index in [-0.39, 0.29) is 4.70 Å². The number of halogens is 1. The molecule has 0 N–H and O–H groups in total. The maximum atomic E-state index is 2.38. The van der Waals surface area contributed by atoms with Crippen molar-refractivity contribution in [2.45, 2.75) is 52.5 Å². The van der Waals surface area contributed by atoms with Crippen LogP contribution in [0, 0.1) is 0 Å². The van der Waals surface area contributed by atoms with Crippen molar-refractivity contribution in [3.05, 3.63) is 24.0 Å². The molecule has 1 nitrogen and oxygen atoms in total. The number of aromatic nitrogens is 1. The fourth-order valence-electron chi connectivity index (χ4n) is 1.70. The normalized spacial score (nSPS) is 9.86. The second kappa shape index (κ2) is 7.60. The van der Waals surface area contributed by atoms with Gasteiger partial charge in [-0.2, -0.15) is 0 Å². The van der Waals surface area contributed by atoms with Gasteiger partial charge in [0.05, 0.1) is 0 Å². The smallest absolute Gasteiger partial charge is 0.0222 e. The topological polar surface area (TPSA) is 4.93 Å². The van der Waals surface area contributed by atoms with Crippen LogP contribution in [0.5, 0.6) is 0 Å². The third-order valence-corrected chi connectivity index (χ3v) is 2.54. The summed E-state index contributed by atoms with van der Waals surface area (Å²) in [6, 6.07) is 4.37. The minimum atomic E-state index is 0. The van der Waals surface area contributed by atoms with Crippen LogP contribution in [0.1, 0.15) is 45.2 Å². The minimum absolute atomic E-state index is 0. The van der Waals surface area contributed by atoms with Crippen LogP contribution in [0.2, 0.25) is 0 Å². The first-order valence-electron chi connectivity index (χ1n) is 5.52. The van der Waals surface area contributed by atoms with Crippen LogP contribution in [-0.2, 0) is 13.0 Å². The Labute approximate surface area is 86.5 Å². The quantitative estimate of drug-likeness (QED) is 0.614. The van der Waals surface area contributed by atoms with Crippen molar-refractivity contribution >= 4 is 0 Å². The molecule has 0 fully saturated rings. The number of hydrogen-bond donors (Lipinski definition) is 0. The molecule has 0 aliphatic rings. The van der Waals surface area contributed by atoms with E-state index in [2.05, 4.69) is 36.7 Å². The van der Waals surface area contributed by atoms with Gasteiger partial charge in [-0.25, -0.2) is 0 Å². The van der Waals surface area contributed by atoms with E-state index in [1.165, 1.54) is 37.9 Å². The number of aryl methyl sites for hydroxylation is 2. The highest BCUT2D eigenvalue weighted by Crippen LogP contribution is 2.07. The zero-order valence-electron chi connectivity index (χ0n) is 9.33. The molecule has 0 atom stereocenters. The lowest BCUT2D eigenvalue weighted by molar-refractivity contribution is 0.571. The number of unbranched alkanes of at least 4 members (excludes halogenated alkanes) is 3. The molecule has 1 rings (SSSR count). The lowest BCUT2D eigenvalue weighted by atomic mass is 10.2. The summed E-state index contributed by atoms with van der Waals surface area (Å²) in [5.74, 6) is 0. The Kier molecular flexibility index (Phi) is 7.17. The van der Waals surface area contributed by atoms with Gasteiger partial charge in [0, 0.05) is 18.4 Å². The zero-order chi connectivity index (χ0) is 9.52. The van der Waals surface area contributed by atoms with Gasteiger partial charge in [-0.05, 0) is 25.0 Å². The van der Waals surface area contributed by atoms with E-state index in [1.807, 2.05) is 0 Å². The van der Waals surface area contributed by atoms with E-state index in [9.17, 15) is 0 Å². The predicted octanol–water partition coefficient (Wildman–Crippen LogP) is 3.78. The average Bonchev–Trinajstić information content (AvgIpc) is 2.60. The van der Waals surface area contributed by atoms with Gasteiger partial charge in [0.2, 0.25) is 0 Å². The van der Waals surface area contributed by atoms with Gasteiger partial charge in [-0.1, -0.05) is 33.1 Å². The highest BCUT2D eigenvalue weighted by molar-refractivity contribution is 5.06. The van der Waals surface area contributed by atoms with Crippen molar-refractivity contribution in [3.8, 4) is 0 Å². The van der Waals surface area contributed by atoms with Gasteiger partial charge in [0.25, 0.3) is 0 Å². The number of rotatable bonds is 6. The fourth-order valence-corrected chi connectivity index (χ4v) is 1.70. The Morgan fingerprint density at radius 1 is 1.14 bits per heavy atom. The summed E-state index contributed by atoms with van der Waals surface area (Å²) in [5.41, 5.74) is 1.47. The van der Waals surface area contributed by atoms with E-state index < -0.39 is 0 Å². The molecule has 0 aliphatic heterocycles. The summed E-state index contributed by atoms with van der Waals surface area (Å²) < 4.78 is 2.38. The highest BCUT2D eigenvalue weighted by atomic mass is 19.0. The van der Waals surface area contributed by atoms with E-state index in [0.29, 0.717) is 0 Å². The van der Waals surface area contributed by atoms with Gasteiger partial charge >= 0.3 is 0 Å². The van der Waals surface area contributed by atoms with Gasteiger partial charge in [0.1, 0.15) is 0 Å². The van der Waals surface area contributed by atoms with Crippen LogP contribution in [0.15, 0.2) is 18.3 Å². The van der Waals surface area contributed by atoms with Crippen molar-refractivity contribution in [1.29, 1.82) is 0 Å². The van der Waals surface area contributed by atoms with Gasteiger partial charge in [0.15, 0.2) is 0 Å². The molecule has 1 aromatic rings. The zero-order valence-corrected chi connectivity index (χ0v) is 9.33. The Hall–Kier alpha value is -0.790. The van der Waals surface area contributed by atoms with Crippen LogP contribution in [0.25, 0.3) is 0 Å². The predicted molar refractivity (Wildman–Crippen MR) is 60.5 cm³/mol. The molecule has 0 amide bonds. The van der Waals surface area contributed by atoms with Crippen molar-refractivity contribution in [2.24, 2.45) is 0 Å². The molecule has 14 heavy (non-hydrogen) atoms. The maximum absolute atomic E-state index is 2.38. The molecule has 2 heteroatoms. The van der Waals surface area contributed by atoms with Crippen LogP contribution >= 0.6 is 0 Å². The molecular weight excluding hydrogens is 177 g/mol. The molecule has 0 unspecified atom stereocenters. The largest absolute Gasteiger partial charge is 0.351 e. The third kappa shape index (κ3) is 3.95. The lowest BCUT2D eigenvalue weighted by Crippen LogP contribution is -2.00. The Bertz CT molecular complexity index is 230. The van der Waals surface area contributed by atoms with Gasteiger partial charge < -0.3 is 4.57 Å². The fraction of sp³-hybridized carbons (Fsp3) is 0.667. The van der Waals surface area contributed by atoms with Crippen LogP contribution in [0.3, 0.4) is 0 Å². The Morgan fingerprint density at radius 3 is 2.57 bits per heavy atom. The third-order valence-electron chi connectivity index (χ3n) is 2.54. The second-order valence-corrected chi connectivity index (χ2v) is 3.61. The van der Waals surface area contributed by atoms with Crippen molar-refractivity contribution in [3.63, 3.8) is 0 Å². The SMILES string of the molecule is CCCCCCn1cccc1CC.F. The molecule has 0 radical (unpaired) electrons. The van der Waals surface area contributed by atoms with Gasteiger partial charge in [-0.15, -0.1) is 0 Å². The van der Waals surface area contributed by atoms with Gasteiger partial charge in [-0.3, -0.25) is 4.70 Å². The first-order valence-corrected chi connectivity index (χ1v) is 5.52. The summed E-state index contributed by atoms with van der Waals surface area (Å²) >= 11 is 0. The monoisotopic (exact) mass is 199 g/mol. The molecule has 1 aromatic heterocycles. The van der Waals surface area contributed by atoms with Crippen molar-refractivity contribution in [2.75, 3.05) is 0 Å². The molecule has 0 saturated heterocycles. The molecule has 1 heterocycles. The van der Waals surface area contributed by atoms with Crippen LogP contribution in [0.4, 0.5) is 4.70 Å². The summed E-state index contributed by atoms with van der Waals surface area (Å²) in [6.45, 7) is 5.68. The summed E-state index contributed by atoms with van der Waals surface area (Å²) in [6.07, 6.45) is 8.76. The van der Waals surface area contributed by atoms with E-state index in [0.717, 1.165) is 6.42 Å². The maximum Gasteiger partial charge on any atom is 0.0222 e. The Morgan fingerprint density at radius 2 is 1.93 bits per heavy atom. The van der Waals surface area contributed by atoms with Crippen LogP contribution in [-0.4, -0.2) is 4.57 Å². The van der Waals surface area contributed by atoms with Crippen LogP contribution < -0.4 is 0 Å². The van der Waals surface area contributed by atoms with E-state index >= 15 is 0 Å². The molecule has 82 valence electrons. The minimum Gasteiger partial charge on any atom is -0.351 e. The summed E-state index contributed by atoms with van der Waals surface area (Å²) in [5, 5.41) is 0. The number of nitrogens with zero attached hydrogens (tertiary/aromatic N) is 1. The highest BCUT2D eigenvalue weighted by Gasteiger charge is 1.96. The van der Waals surface area contributed by atoms with E-state index in [1.54, 1.807) is 0 Å². The van der Waals surface area contributed by atoms with Crippen molar-refractivity contribution < 1.29 is 4.70 Å². The molecule has 0 bridgehead atoms. The molecule has 0 spiro atoms. The first kappa shape index (κ1) is 13.2. The molecule has 0 aliphatic carbocycles. The second-order valence-electron chi connectivity index (χ2n) is 3.61. The lowest BCUT2D eigenvalue weighted by Gasteiger charge is -2.06.